The van der Waals surface area contributed by atoms with Crippen molar-refractivity contribution < 1.29 is 9.53 Å². The predicted octanol–water partition coefficient (Wildman–Crippen LogP) is 3.45. The van der Waals surface area contributed by atoms with Crippen molar-refractivity contribution in [2.75, 3.05) is 7.11 Å². The average Bonchev–Trinajstić information content (AvgIpc) is 3.35. The molecule has 1 aromatic heterocycles. The van der Waals surface area contributed by atoms with Crippen molar-refractivity contribution in [2.24, 2.45) is 5.92 Å². The van der Waals surface area contributed by atoms with E-state index in [0.29, 0.717) is 11.5 Å². The largest absolute Gasteiger partial charge is 0.497 e. The number of fused-ring (bicyclic) bond motifs is 1. The highest BCUT2D eigenvalue weighted by Crippen LogP contribution is 2.41. The molecule has 1 heterocycles. The number of hydrogen-bond donors (Lipinski definition) is 2. The Morgan fingerprint density at radius 3 is 2.75 bits per heavy atom. The van der Waals surface area contributed by atoms with Gasteiger partial charge < -0.3 is 10.1 Å². The van der Waals surface area contributed by atoms with Crippen LogP contribution in [0.15, 0.2) is 48.7 Å². The average molecular weight is 321 g/mol. The van der Waals surface area contributed by atoms with Gasteiger partial charge in [-0.15, -0.1) is 0 Å². The zero-order valence-electron chi connectivity index (χ0n) is 13.5. The SMILES string of the molecule is COc1ccc(C(NC(=O)c2cccc3cn[nH]c23)C2CC2)cc1. The Morgan fingerprint density at radius 2 is 2.04 bits per heavy atom. The lowest BCUT2D eigenvalue weighted by molar-refractivity contribution is 0.0933. The van der Waals surface area contributed by atoms with Crippen molar-refractivity contribution in [3.63, 3.8) is 0 Å². The molecule has 1 aliphatic carbocycles. The van der Waals surface area contributed by atoms with E-state index in [1.54, 1.807) is 13.3 Å². The summed E-state index contributed by atoms with van der Waals surface area (Å²) in [5.74, 6) is 1.25. The molecule has 0 radical (unpaired) electrons. The molecule has 0 saturated heterocycles. The molecule has 0 aliphatic heterocycles. The number of para-hydroxylation sites is 1. The van der Waals surface area contributed by atoms with Crippen molar-refractivity contribution in [3.8, 4) is 5.75 Å². The minimum absolute atomic E-state index is 0.0292. The minimum atomic E-state index is -0.0717. The summed E-state index contributed by atoms with van der Waals surface area (Å²) in [6.07, 6.45) is 4.02. The van der Waals surface area contributed by atoms with Crippen LogP contribution < -0.4 is 10.1 Å². The Labute approximate surface area is 140 Å². The maximum Gasteiger partial charge on any atom is 0.253 e. The van der Waals surface area contributed by atoms with E-state index >= 15 is 0 Å². The van der Waals surface area contributed by atoms with Crippen LogP contribution >= 0.6 is 0 Å². The molecule has 2 N–H and O–H groups in total. The van der Waals surface area contributed by atoms with Gasteiger partial charge in [-0.25, -0.2) is 0 Å². The highest BCUT2D eigenvalue weighted by molar-refractivity contribution is 6.05. The number of ether oxygens (including phenoxy) is 1. The molecular weight excluding hydrogens is 302 g/mol. The Hall–Kier alpha value is -2.82. The zero-order valence-corrected chi connectivity index (χ0v) is 13.5. The van der Waals surface area contributed by atoms with E-state index in [1.807, 2.05) is 42.5 Å². The van der Waals surface area contributed by atoms with Crippen LogP contribution in [-0.4, -0.2) is 23.2 Å². The highest BCUT2D eigenvalue weighted by atomic mass is 16.5. The monoisotopic (exact) mass is 321 g/mol. The van der Waals surface area contributed by atoms with Gasteiger partial charge in [0, 0.05) is 5.39 Å². The fourth-order valence-electron chi connectivity index (χ4n) is 3.09. The summed E-state index contributed by atoms with van der Waals surface area (Å²) in [6, 6.07) is 13.6. The molecule has 1 amide bonds. The van der Waals surface area contributed by atoms with Gasteiger partial charge in [-0.05, 0) is 42.5 Å². The van der Waals surface area contributed by atoms with Gasteiger partial charge in [0.2, 0.25) is 0 Å². The summed E-state index contributed by atoms with van der Waals surface area (Å²) in [7, 11) is 1.65. The second-order valence-corrected chi connectivity index (χ2v) is 6.20. The second kappa shape index (κ2) is 6.00. The third-order valence-corrected chi connectivity index (χ3v) is 4.58. The number of methoxy groups -OCH3 is 1. The molecule has 1 saturated carbocycles. The smallest absolute Gasteiger partial charge is 0.253 e. The van der Waals surface area contributed by atoms with Gasteiger partial charge in [0.05, 0.1) is 30.4 Å². The Morgan fingerprint density at radius 1 is 1.25 bits per heavy atom. The normalized spacial score (nSPS) is 15.2. The number of aromatic nitrogens is 2. The summed E-state index contributed by atoms with van der Waals surface area (Å²) in [5.41, 5.74) is 2.52. The summed E-state index contributed by atoms with van der Waals surface area (Å²) in [6.45, 7) is 0. The summed E-state index contributed by atoms with van der Waals surface area (Å²) < 4.78 is 5.22. The quantitative estimate of drug-likeness (QED) is 0.756. The molecule has 1 atom stereocenters. The Bertz CT molecular complexity index is 866. The molecule has 0 spiro atoms. The standard InChI is InChI=1S/C19H19N3O2/c1-24-15-9-7-13(8-10-15)17(12-5-6-12)21-19(23)16-4-2-3-14-11-20-22-18(14)16/h2-4,7-12,17H,5-6H2,1H3,(H,20,22)(H,21,23). The lowest BCUT2D eigenvalue weighted by atomic mass is 10.0. The molecule has 1 unspecified atom stereocenters. The number of aromatic amines is 1. The van der Waals surface area contributed by atoms with Crippen molar-refractivity contribution >= 4 is 16.8 Å². The molecule has 2 aromatic carbocycles. The molecule has 1 fully saturated rings. The van der Waals surface area contributed by atoms with Crippen molar-refractivity contribution in [1.82, 2.24) is 15.5 Å². The van der Waals surface area contributed by atoms with E-state index in [1.165, 1.54) is 0 Å². The maximum atomic E-state index is 12.8. The fraction of sp³-hybridized carbons (Fsp3) is 0.263. The number of nitrogens with one attached hydrogen (secondary N) is 2. The van der Waals surface area contributed by atoms with Crippen LogP contribution in [-0.2, 0) is 0 Å². The molecule has 0 bridgehead atoms. The van der Waals surface area contributed by atoms with Crippen LogP contribution in [0.25, 0.3) is 10.9 Å². The van der Waals surface area contributed by atoms with Crippen LogP contribution in [0.5, 0.6) is 5.75 Å². The Balaban J connectivity index is 1.61. The van der Waals surface area contributed by atoms with Gasteiger partial charge in [0.25, 0.3) is 5.91 Å². The number of amides is 1. The van der Waals surface area contributed by atoms with Gasteiger partial charge >= 0.3 is 0 Å². The van der Waals surface area contributed by atoms with Gasteiger partial charge in [0.15, 0.2) is 0 Å². The molecule has 5 heteroatoms. The van der Waals surface area contributed by atoms with E-state index in [4.69, 9.17) is 4.74 Å². The van der Waals surface area contributed by atoms with E-state index in [-0.39, 0.29) is 11.9 Å². The van der Waals surface area contributed by atoms with Crippen molar-refractivity contribution in [3.05, 3.63) is 59.8 Å². The topological polar surface area (TPSA) is 67.0 Å². The van der Waals surface area contributed by atoms with E-state index in [2.05, 4.69) is 15.5 Å². The number of benzene rings is 2. The lowest BCUT2D eigenvalue weighted by Gasteiger charge is -2.19. The number of H-pyrrole nitrogens is 1. The minimum Gasteiger partial charge on any atom is -0.497 e. The van der Waals surface area contributed by atoms with Crippen LogP contribution in [0, 0.1) is 5.92 Å². The van der Waals surface area contributed by atoms with Crippen molar-refractivity contribution in [1.29, 1.82) is 0 Å². The first-order valence-electron chi connectivity index (χ1n) is 8.13. The Kier molecular flexibility index (Phi) is 3.69. The van der Waals surface area contributed by atoms with Gasteiger partial charge in [-0.2, -0.15) is 5.10 Å². The predicted molar refractivity (Wildman–Crippen MR) is 92.0 cm³/mol. The first-order chi connectivity index (χ1) is 11.8. The zero-order chi connectivity index (χ0) is 16.5. The molecule has 4 rings (SSSR count). The van der Waals surface area contributed by atoms with E-state index < -0.39 is 0 Å². The first kappa shape index (κ1) is 14.8. The fourth-order valence-corrected chi connectivity index (χ4v) is 3.09. The lowest BCUT2D eigenvalue weighted by Crippen LogP contribution is -2.30. The third kappa shape index (κ3) is 2.73. The number of rotatable bonds is 5. The van der Waals surface area contributed by atoms with Crippen molar-refractivity contribution in [2.45, 2.75) is 18.9 Å². The maximum absolute atomic E-state index is 12.8. The molecule has 5 nitrogen and oxygen atoms in total. The highest BCUT2D eigenvalue weighted by Gasteiger charge is 2.33. The van der Waals surface area contributed by atoms with Crippen LogP contribution in [0.2, 0.25) is 0 Å². The first-order valence-corrected chi connectivity index (χ1v) is 8.13. The molecule has 1 aliphatic rings. The summed E-state index contributed by atoms with van der Waals surface area (Å²) in [4.78, 5) is 12.8. The molecule has 24 heavy (non-hydrogen) atoms. The number of carbonyl (C=O) groups excluding carboxylic acids is 1. The number of hydrogen-bond acceptors (Lipinski definition) is 3. The molecular formula is C19H19N3O2. The third-order valence-electron chi connectivity index (χ3n) is 4.58. The second-order valence-electron chi connectivity index (χ2n) is 6.20. The number of carbonyl (C=O) groups is 1. The van der Waals surface area contributed by atoms with E-state index in [9.17, 15) is 4.79 Å². The summed E-state index contributed by atoms with van der Waals surface area (Å²) >= 11 is 0. The van der Waals surface area contributed by atoms with Gasteiger partial charge in [-0.1, -0.05) is 24.3 Å². The van der Waals surface area contributed by atoms with Crippen LogP contribution in [0.1, 0.15) is 34.8 Å². The van der Waals surface area contributed by atoms with E-state index in [0.717, 1.165) is 35.1 Å². The van der Waals surface area contributed by atoms with Crippen LogP contribution in [0.4, 0.5) is 0 Å². The molecule has 122 valence electrons. The van der Waals surface area contributed by atoms with Gasteiger partial charge in [-0.3, -0.25) is 9.89 Å². The number of nitrogens with zero attached hydrogens (tertiary/aromatic N) is 1. The van der Waals surface area contributed by atoms with Gasteiger partial charge in [0.1, 0.15) is 5.75 Å². The van der Waals surface area contributed by atoms with Crippen LogP contribution in [0.3, 0.4) is 0 Å². The molecule has 3 aromatic rings. The summed E-state index contributed by atoms with van der Waals surface area (Å²) in [5, 5.41) is 11.1.